The number of carbonyl (C=O) groups excluding carboxylic acids is 1. The molecular weight excluding hydrogens is 260 g/mol. The van der Waals surface area contributed by atoms with Crippen molar-refractivity contribution >= 4 is 11.9 Å². The first kappa shape index (κ1) is 14.7. The van der Waals surface area contributed by atoms with Crippen LogP contribution in [0.15, 0.2) is 29.3 Å². The van der Waals surface area contributed by atoms with Gasteiger partial charge in [-0.05, 0) is 12.5 Å². The van der Waals surface area contributed by atoms with Gasteiger partial charge in [0.25, 0.3) is 0 Å². The van der Waals surface area contributed by atoms with E-state index in [1.54, 1.807) is 13.0 Å². The number of nitrogens with one attached hydrogen (secondary N) is 2. The number of rotatable bonds is 4. The number of aliphatic imine (C=N–C) groups is 1. The van der Waals surface area contributed by atoms with E-state index in [0.717, 1.165) is 0 Å². The molecule has 0 aromatic rings. The van der Waals surface area contributed by atoms with Crippen LogP contribution in [0.3, 0.4) is 0 Å². The van der Waals surface area contributed by atoms with Crippen LogP contribution in [0, 0.1) is 5.92 Å². The van der Waals surface area contributed by atoms with Crippen molar-refractivity contribution in [2.75, 3.05) is 6.54 Å². The Bertz CT molecular complexity index is 474. The third-order valence-electron chi connectivity index (χ3n) is 3.60. The quantitative estimate of drug-likeness (QED) is 0.391. The van der Waals surface area contributed by atoms with Crippen molar-refractivity contribution in [2.24, 2.45) is 16.6 Å². The SMILES string of the molecule is C=C(CNC1C=CC(O)C1O)C1C(=O)NC(N)=NC1C. The average Bonchev–Trinajstić information content (AvgIpc) is 2.66. The Labute approximate surface area is 117 Å². The maximum atomic E-state index is 11.9. The maximum Gasteiger partial charge on any atom is 0.236 e. The van der Waals surface area contributed by atoms with Crippen LogP contribution in [0.4, 0.5) is 0 Å². The van der Waals surface area contributed by atoms with E-state index in [-0.39, 0.29) is 24.0 Å². The molecule has 1 amide bonds. The Morgan fingerprint density at radius 1 is 1.55 bits per heavy atom. The molecule has 1 aliphatic carbocycles. The van der Waals surface area contributed by atoms with Crippen LogP contribution in [0.25, 0.3) is 0 Å². The summed E-state index contributed by atoms with van der Waals surface area (Å²) in [7, 11) is 0. The second kappa shape index (κ2) is 5.74. The Kier molecular flexibility index (Phi) is 4.22. The second-order valence-electron chi connectivity index (χ2n) is 5.15. The fourth-order valence-electron chi connectivity index (χ4n) is 2.50. The highest BCUT2D eigenvalue weighted by Crippen LogP contribution is 2.20. The number of hydrogen-bond acceptors (Lipinski definition) is 6. The summed E-state index contributed by atoms with van der Waals surface area (Å²) in [5, 5.41) is 24.6. The van der Waals surface area contributed by atoms with Crippen molar-refractivity contribution in [3.63, 3.8) is 0 Å². The third-order valence-corrected chi connectivity index (χ3v) is 3.60. The maximum absolute atomic E-state index is 11.9. The molecule has 0 radical (unpaired) electrons. The lowest BCUT2D eigenvalue weighted by molar-refractivity contribution is -0.123. The van der Waals surface area contributed by atoms with E-state index >= 15 is 0 Å². The van der Waals surface area contributed by atoms with Gasteiger partial charge in [-0.1, -0.05) is 18.7 Å². The smallest absolute Gasteiger partial charge is 0.236 e. The zero-order chi connectivity index (χ0) is 14.9. The van der Waals surface area contributed by atoms with Gasteiger partial charge in [-0.15, -0.1) is 0 Å². The minimum Gasteiger partial charge on any atom is -0.388 e. The molecule has 0 spiro atoms. The minimum atomic E-state index is -0.880. The van der Waals surface area contributed by atoms with Crippen LogP contribution in [0.1, 0.15) is 6.92 Å². The van der Waals surface area contributed by atoms with Crippen LogP contribution < -0.4 is 16.4 Å². The zero-order valence-electron chi connectivity index (χ0n) is 11.3. The second-order valence-corrected chi connectivity index (χ2v) is 5.15. The molecule has 2 aliphatic rings. The number of aliphatic hydroxyl groups excluding tert-OH is 2. The van der Waals surface area contributed by atoms with Crippen molar-refractivity contribution in [3.05, 3.63) is 24.3 Å². The number of guanidine groups is 1. The monoisotopic (exact) mass is 280 g/mol. The highest BCUT2D eigenvalue weighted by molar-refractivity contribution is 6.00. The molecule has 110 valence electrons. The van der Waals surface area contributed by atoms with Gasteiger partial charge in [-0.25, -0.2) is 4.99 Å². The minimum absolute atomic E-state index is 0.122. The lowest BCUT2D eigenvalue weighted by Crippen LogP contribution is -2.50. The van der Waals surface area contributed by atoms with Crippen molar-refractivity contribution in [1.82, 2.24) is 10.6 Å². The highest BCUT2D eigenvalue weighted by Gasteiger charge is 2.33. The summed E-state index contributed by atoms with van der Waals surface area (Å²) in [6.07, 6.45) is 1.49. The molecule has 0 saturated carbocycles. The van der Waals surface area contributed by atoms with Gasteiger partial charge in [-0.3, -0.25) is 10.1 Å². The van der Waals surface area contributed by atoms with Gasteiger partial charge in [0.1, 0.15) is 6.10 Å². The summed E-state index contributed by atoms with van der Waals surface area (Å²) < 4.78 is 0. The van der Waals surface area contributed by atoms with Crippen LogP contribution >= 0.6 is 0 Å². The lowest BCUT2D eigenvalue weighted by Gasteiger charge is -2.28. The first-order valence-corrected chi connectivity index (χ1v) is 6.50. The van der Waals surface area contributed by atoms with Crippen LogP contribution in [-0.4, -0.2) is 52.9 Å². The number of carbonyl (C=O) groups is 1. The Hall–Kier alpha value is -1.70. The number of nitrogens with two attached hydrogens (primary N) is 1. The predicted octanol–water partition coefficient (Wildman–Crippen LogP) is -1.76. The number of hydrogen-bond donors (Lipinski definition) is 5. The topological polar surface area (TPSA) is 120 Å². The summed E-state index contributed by atoms with van der Waals surface area (Å²) in [5.74, 6) is -0.557. The van der Waals surface area contributed by atoms with Gasteiger partial charge in [0.15, 0.2) is 5.96 Å². The van der Waals surface area contributed by atoms with Gasteiger partial charge in [-0.2, -0.15) is 0 Å². The van der Waals surface area contributed by atoms with E-state index in [2.05, 4.69) is 22.2 Å². The van der Waals surface area contributed by atoms with Gasteiger partial charge in [0.2, 0.25) is 5.91 Å². The van der Waals surface area contributed by atoms with Crippen molar-refractivity contribution in [2.45, 2.75) is 31.2 Å². The lowest BCUT2D eigenvalue weighted by atomic mass is 9.91. The van der Waals surface area contributed by atoms with Crippen molar-refractivity contribution < 1.29 is 15.0 Å². The Morgan fingerprint density at radius 2 is 2.25 bits per heavy atom. The van der Waals surface area contributed by atoms with Gasteiger partial charge >= 0.3 is 0 Å². The largest absolute Gasteiger partial charge is 0.388 e. The molecule has 7 heteroatoms. The summed E-state index contributed by atoms with van der Waals surface area (Å²) in [6, 6.07) is -0.620. The fourth-order valence-corrected chi connectivity index (χ4v) is 2.50. The van der Waals surface area contributed by atoms with Crippen LogP contribution in [-0.2, 0) is 4.79 Å². The molecular formula is C13H20N4O3. The highest BCUT2D eigenvalue weighted by atomic mass is 16.3. The molecule has 5 unspecified atom stereocenters. The van der Waals surface area contributed by atoms with E-state index in [1.165, 1.54) is 6.08 Å². The fraction of sp³-hybridized carbons (Fsp3) is 0.538. The first-order chi connectivity index (χ1) is 9.40. The normalized spacial score (nSPS) is 36.6. The summed E-state index contributed by atoms with van der Waals surface area (Å²) in [4.78, 5) is 16.0. The standard InChI is InChI=1S/C13H20N4O3/c1-6(5-15-8-3-4-9(18)11(8)19)10-7(2)16-13(14)17-12(10)20/h3-4,7-11,15,18-19H,1,5H2,2H3,(H3,14,16,17,20). The van der Waals surface area contributed by atoms with Crippen LogP contribution in [0.2, 0.25) is 0 Å². The van der Waals surface area contributed by atoms with E-state index in [9.17, 15) is 15.0 Å². The van der Waals surface area contributed by atoms with Gasteiger partial charge in [0, 0.05) is 6.54 Å². The number of nitrogens with zero attached hydrogens (tertiary/aromatic N) is 1. The summed E-state index contributed by atoms with van der Waals surface area (Å²) in [6.45, 7) is 6.05. The summed E-state index contributed by atoms with van der Waals surface area (Å²) >= 11 is 0. The van der Waals surface area contributed by atoms with E-state index in [0.29, 0.717) is 12.1 Å². The molecule has 0 aromatic carbocycles. The van der Waals surface area contributed by atoms with Crippen molar-refractivity contribution in [3.8, 4) is 0 Å². The molecule has 0 aromatic heterocycles. The van der Waals surface area contributed by atoms with E-state index in [1.807, 2.05) is 0 Å². The third kappa shape index (κ3) is 2.90. The van der Waals surface area contributed by atoms with Gasteiger partial charge < -0.3 is 21.3 Å². The molecule has 7 nitrogen and oxygen atoms in total. The average molecular weight is 280 g/mol. The van der Waals surface area contributed by atoms with Crippen molar-refractivity contribution in [1.29, 1.82) is 0 Å². The first-order valence-electron chi connectivity index (χ1n) is 6.50. The van der Waals surface area contributed by atoms with Gasteiger partial charge in [0.05, 0.1) is 24.1 Å². The van der Waals surface area contributed by atoms with E-state index < -0.39 is 18.1 Å². The number of aliphatic hydroxyl groups is 2. The molecule has 6 N–H and O–H groups in total. The summed E-state index contributed by atoms with van der Waals surface area (Å²) in [5.41, 5.74) is 6.15. The van der Waals surface area contributed by atoms with Crippen LogP contribution in [0.5, 0.6) is 0 Å². The molecule has 5 atom stereocenters. The molecule has 0 bridgehead atoms. The number of amides is 1. The molecule has 2 rings (SSSR count). The predicted molar refractivity (Wildman–Crippen MR) is 74.8 cm³/mol. The Balaban J connectivity index is 1.92. The zero-order valence-corrected chi connectivity index (χ0v) is 11.3. The molecule has 1 heterocycles. The molecule has 0 fully saturated rings. The van der Waals surface area contributed by atoms with E-state index in [4.69, 9.17) is 5.73 Å². The Morgan fingerprint density at radius 3 is 2.80 bits per heavy atom. The molecule has 1 aliphatic heterocycles. The molecule has 20 heavy (non-hydrogen) atoms. The molecule has 0 saturated heterocycles.